The molecule has 120 valence electrons. The smallest absolute Gasteiger partial charge is 0.354 e. The van der Waals surface area contributed by atoms with Gasteiger partial charge in [-0.1, -0.05) is 12.1 Å². The van der Waals surface area contributed by atoms with Crippen molar-refractivity contribution in [2.75, 3.05) is 25.4 Å². The monoisotopic (exact) mass is 311 g/mol. The summed E-state index contributed by atoms with van der Waals surface area (Å²) in [7, 11) is 0. The lowest BCUT2D eigenvalue weighted by atomic mass is 10.2. The molecule has 0 spiro atoms. The SMILES string of the molecule is Nc1ccn(-c2ccc(CNCC3[C@H]4CNC[C@@H]34)cc2)c(=O)n1. The number of nitrogens with two attached hydrogens (primary N) is 1. The Bertz CT molecular complexity index is 744. The van der Waals surface area contributed by atoms with Gasteiger partial charge in [-0.2, -0.15) is 4.98 Å². The van der Waals surface area contributed by atoms with Crippen LogP contribution in [-0.2, 0) is 6.54 Å². The van der Waals surface area contributed by atoms with Crippen LogP contribution in [-0.4, -0.2) is 29.2 Å². The Morgan fingerprint density at radius 3 is 2.65 bits per heavy atom. The molecule has 6 nitrogen and oxygen atoms in total. The first-order valence-corrected chi connectivity index (χ1v) is 8.08. The maximum absolute atomic E-state index is 11.8. The number of aromatic nitrogens is 2. The van der Waals surface area contributed by atoms with Gasteiger partial charge in [-0.15, -0.1) is 0 Å². The van der Waals surface area contributed by atoms with Crippen molar-refractivity contribution in [3.8, 4) is 5.69 Å². The second-order valence-corrected chi connectivity index (χ2v) is 6.45. The number of fused-ring (bicyclic) bond motifs is 1. The average Bonchev–Trinajstić information content (AvgIpc) is 2.98. The predicted octanol–water partition coefficient (Wildman–Crippen LogP) is 0.370. The molecule has 1 aromatic heterocycles. The average molecular weight is 311 g/mol. The summed E-state index contributed by atoms with van der Waals surface area (Å²) in [6.45, 7) is 4.34. The number of nitrogen functional groups attached to an aromatic ring is 1. The molecule has 23 heavy (non-hydrogen) atoms. The third-order valence-electron chi connectivity index (χ3n) is 5.02. The molecule has 1 aliphatic heterocycles. The van der Waals surface area contributed by atoms with Crippen LogP contribution >= 0.6 is 0 Å². The molecular formula is C17H21N5O. The number of benzene rings is 1. The highest BCUT2D eigenvalue weighted by molar-refractivity contribution is 5.36. The normalized spacial score (nSPS) is 25.3. The maximum atomic E-state index is 11.8. The van der Waals surface area contributed by atoms with Gasteiger partial charge >= 0.3 is 5.69 Å². The summed E-state index contributed by atoms with van der Waals surface area (Å²) in [5.74, 6) is 2.90. The quantitative estimate of drug-likeness (QED) is 0.743. The van der Waals surface area contributed by atoms with Crippen LogP contribution < -0.4 is 22.1 Å². The molecule has 1 aromatic carbocycles. The lowest BCUT2D eigenvalue weighted by molar-refractivity contribution is 0.539. The van der Waals surface area contributed by atoms with Crippen molar-refractivity contribution in [3.05, 3.63) is 52.6 Å². The summed E-state index contributed by atoms with van der Waals surface area (Å²) >= 11 is 0. The molecule has 6 heteroatoms. The first-order chi connectivity index (χ1) is 11.2. The minimum absolute atomic E-state index is 0.243. The highest BCUT2D eigenvalue weighted by atomic mass is 16.1. The fraction of sp³-hybridized carbons (Fsp3) is 0.412. The van der Waals surface area contributed by atoms with E-state index in [1.54, 1.807) is 12.3 Å². The highest BCUT2D eigenvalue weighted by Crippen LogP contribution is 2.47. The fourth-order valence-corrected chi connectivity index (χ4v) is 3.62. The Kier molecular flexibility index (Phi) is 3.63. The van der Waals surface area contributed by atoms with Crippen molar-refractivity contribution in [1.29, 1.82) is 0 Å². The molecule has 0 radical (unpaired) electrons. The van der Waals surface area contributed by atoms with Gasteiger partial charge < -0.3 is 16.4 Å². The molecule has 1 unspecified atom stereocenters. The van der Waals surface area contributed by atoms with Gasteiger partial charge in [0, 0.05) is 12.7 Å². The van der Waals surface area contributed by atoms with Gasteiger partial charge in [0.25, 0.3) is 0 Å². The van der Waals surface area contributed by atoms with Gasteiger partial charge in [0.15, 0.2) is 0 Å². The van der Waals surface area contributed by atoms with E-state index in [4.69, 9.17) is 5.73 Å². The van der Waals surface area contributed by atoms with Crippen LogP contribution in [0.4, 0.5) is 5.82 Å². The molecular weight excluding hydrogens is 290 g/mol. The van der Waals surface area contributed by atoms with E-state index in [0.717, 1.165) is 36.5 Å². The van der Waals surface area contributed by atoms with Crippen molar-refractivity contribution in [1.82, 2.24) is 20.2 Å². The van der Waals surface area contributed by atoms with Crippen molar-refractivity contribution in [2.45, 2.75) is 6.54 Å². The Morgan fingerprint density at radius 2 is 1.96 bits per heavy atom. The molecule has 2 aliphatic rings. The van der Waals surface area contributed by atoms with Crippen LogP contribution in [0.25, 0.3) is 5.69 Å². The van der Waals surface area contributed by atoms with Crippen LogP contribution in [0.3, 0.4) is 0 Å². The number of rotatable bonds is 5. The summed E-state index contributed by atoms with van der Waals surface area (Å²) in [5.41, 5.74) is 7.17. The number of nitrogens with zero attached hydrogens (tertiary/aromatic N) is 2. The summed E-state index contributed by atoms with van der Waals surface area (Å²) < 4.78 is 1.49. The Morgan fingerprint density at radius 1 is 1.22 bits per heavy atom. The third kappa shape index (κ3) is 2.87. The minimum atomic E-state index is -0.357. The maximum Gasteiger partial charge on any atom is 0.354 e. The fourth-order valence-electron chi connectivity index (χ4n) is 3.62. The number of nitrogens with one attached hydrogen (secondary N) is 2. The number of piperidine rings is 1. The van der Waals surface area contributed by atoms with E-state index >= 15 is 0 Å². The second kappa shape index (κ2) is 5.79. The van der Waals surface area contributed by atoms with E-state index in [0.29, 0.717) is 0 Å². The molecule has 1 saturated heterocycles. The predicted molar refractivity (Wildman–Crippen MR) is 89.3 cm³/mol. The Hall–Kier alpha value is -2.18. The molecule has 1 aliphatic carbocycles. The standard InChI is InChI=1S/C17H21N5O/c18-16-5-6-22(17(23)21-16)12-3-1-11(2-4-12)7-19-8-13-14-9-20-10-15(13)14/h1-6,13-15,19-20H,7-10H2,(H2,18,21,23)/t13?,14-,15+. The van der Waals surface area contributed by atoms with Crippen LogP contribution in [0.15, 0.2) is 41.3 Å². The Labute approximate surface area is 134 Å². The van der Waals surface area contributed by atoms with Gasteiger partial charge in [0.1, 0.15) is 5.82 Å². The van der Waals surface area contributed by atoms with Gasteiger partial charge in [0.05, 0.1) is 5.69 Å². The lowest BCUT2D eigenvalue weighted by Crippen LogP contribution is -2.23. The van der Waals surface area contributed by atoms with Crippen LogP contribution in [0.2, 0.25) is 0 Å². The first kappa shape index (κ1) is 14.4. The van der Waals surface area contributed by atoms with Crippen LogP contribution in [0, 0.1) is 17.8 Å². The van der Waals surface area contributed by atoms with E-state index < -0.39 is 0 Å². The van der Waals surface area contributed by atoms with Crippen molar-refractivity contribution < 1.29 is 0 Å². The van der Waals surface area contributed by atoms with Gasteiger partial charge in [-0.3, -0.25) is 4.57 Å². The third-order valence-corrected chi connectivity index (χ3v) is 5.02. The molecule has 4 N–H and O–H groups in total. The van der Waals surface area contributed by atoms with Gasteiger partial charge in [-0.25, -0.2) is 4.79 Å². The summed E-state index contributed by atoms with van der Waals surface area (Å²) in [6, 6.07) is 9.58. The second-order valence-electron chi connectivity index (χ2n) is 6.45. The summed E-state index contributed by atoms with van der Waals surface area (Å²) in [4.78, 5) is 15.6. The van der Waals surface area contributed by atoms with Gasteiger partial charge in [0.2, 0.25) is 0 Å². The van der Waals surface area contributed by atoms with E-state index in [9.17, 15) is 4.79 Å². The zero-order valence-electron chi connectivity index (χ0n) is 12.9. The molecule has 2 fully saturated rings. The molecule has 2 aromatic rings. The van der Waals surface area contributed by atoms with E-state index in [1.165, 1.54) is 23.2 Å². The Balaban J connectivity index is 1.35. The highest BCUT2D eigenvalue weighted by Gasteiger charge is 2.51. The zero-order chi connectivity index (χ0) is 15.8. The molecule has 0 bridgehead atoms. The van der Waals surface area contributed by atoms with Crippen molar-refractivity contribution in [2.24, 2.45) is 17.8 Å². The lowest BCUT2D eigenvalue weighted by Gasteiger charge is -2.09. The van der Waals surface area contributed by atoms with Crippen LogP contribution in [0.5, 0.6) is 0 Å². The minimum Gasteiger partial charge on any atom is -0.383 e. The first-order valence-electron chi connectivity index (χ1n) is 8.08. The van der Waals surface area contributed by atoms with Crippen molar-refractivity contribution >= 4 is 5.82 Å². The molecule has 4 rings (SSSR count). The van der Waals surface area contributed by atoms with Gasteiger partial charge in [-0.05, 0) is 61.2 Å². The van der Waals surface area contributed by atoms with E-state index in [1.807, 2.05) is 24.3 Å². The molecule has 0 amide bonds. The number of hydrogen-bond acceptors (Lipinski definition) is 5. The molecule has 3 atom stereocenters. The van der Waals surface area contributed by atoms with E-state index in [2.05, 4.69) is 15.6 Å². The van der Waals surface area contributed by atoms with Crippen molar-refractivity contribution in [3.63, 3.8) is 0 Å². The van der Waals surface area contributed by atoms with E-state index in [-0.39, 0.29) is 11.5 Å². The van der Waals surface area contributed by atoms with Crippen LogP contribution in [0.1, 0.15) is 5.56 Å². The number of anilines is 1. The largest absolute Gasteiger partial charge is 0.383 e. The number of hydrogen-bond donors (Lipinski definition) is 3. The zero-order valence-corrected chi connectivity index (χ0v) is 12.9. The topological polar surface area (TPSA) is 85.0 Å². The molecule has 1 saturated carbocycles. The summed E-state index contributed by atoms with van der Waals surface area (Å²) in [5, 5.41) is 6.97. The summed E-state index contributed by atoms with van der Waals surface area (Å²) in [6.07, 6.45) is 1.65. The molecule has 2 heterocycles.